The Morgan fingerprint density at radius 2 is 1.64 bits per heavy atom. The smallest absolute Gasteiger partial charge is 0.337 e. The van der Waals surface area contributed by atoms with Gasteiger partial charge in [-0.05, 0) is 30.2 Å². The number of hydrogen-bond donors (Lipinski definition) is 2. The first kappa shape index (κ1) is 16.8. The topological polar surface area (TPSA) is 74.6 Å². The van der Waals surface area contributed by atoms with Crippen molar-refractivity contribution in [3.63, 3.8) is 0 Å². The van der Waals surface area contributed by atoms with Crippen LogP contribution < -0.4 is 0 Å². The molecule has 0 saturated carbocycles. The molecule has 0 amide bonds. The van der Waals surface area contributed by atoms with Crippen molar-refractivity contribution in [2.75, 3.05) is 0 Å². The SMILES string of the molecule is Cc1c(C(=O)O)c(Cl)c(Cl)c(-c2cccc(Br)c2)c1C(=O)O. The van der Waals surface area contributed by atoms with Crippen LogP contribution in [-0.4, -0.2) is 22.2 Å². The lowest BCUT2D eigenvalue weighted by Crippen LogP contribution is -2.11. The van der Waals surface area contributed by atoms with E-state index in [4.69, 9.17) is 23.2 Å². The molecule has 0 heterocycles. The zero-order valence-electron chi connectivity index (χ0n) is 11.2. The molecule has 2 rings (SSSR count). The summed E-state index contributed by atoms with van der Waals surface area (Å²) in [5, 5.41) is 18.5. The summed E-state index contributed by atoms with van der Waals surface area (Å²) in [4.78, 5) is 23.0. The van der Waals surface area contributed by atoms with Crippen LogP contribution in [-0.2, 0) is 0 Å². The largest absolute Gasteiger partial charge is 0.478 e. The molecule has 0 fully saturated rings. The molecule has 0 aliphatic carbocycles. The van der Waals surface area contributed by atoms with Crippen LogP contribution in [0.25, 0.3) is 11.1 Å². The van der Waals surface area contributed by atoms with Gasteiger partial charge >= 0.3 is 11.9 Å². The fourth-order valence-corrected chi connectivity index (χ4v) is 3.26. The molecule has 2 aromatic carbocycles. The zero-order chi connectivity index (χ0) is 16.6. The maximum atomic E-state index is 11.6. The molecule has 0 aliphatic heterocycles. The zero-order valence-corrected chi connectivity index (χ0v) is 14.3. The van der Waals surface area contributed by atoms with Gasteiger partial charge in [0.05, 0.1) is 21.2 Å². The summed E-state index contributed by atoms with van der Waals surface area (Å²) in [6.45, 7) is 1.40. The van der Waals surface area contributed by atoms with Crippen molar-refractivity contribution in [3.05, 3.63) is 55.5 Å². The fourth-order valence-electron chi connectivity index (χ4n) is 2.24. The molecule has 0 radical (unpaired) electrons. The molecule has 0 aliphatic rings. The molecular formula is C15H9BrCl2O4. The summed E-state index contributed by atoms with van der Waals surface area (Å²) in [5.74, 6) is -2.60. The minimum absolute atomic E-state index is 0.0596. The van der Waals surface area contributed by atoms with Gasteiger partial charge in [0.2, 0.25) is 0 Å². The third-order valence-corrected chi connectivity index (χ3v) is 4.52. The monoisotopic (exact) mass is 402 g/mol. The number of rotatable bonds is 3. The van der Waals surface area contributed by atoms with Gasteiger partial charge in [0.25, 0.3) is 0 Å². The Bertz CT molecular complexity index is 803. The van der Waals surface area contributed by atoms with E-state index in [1.165, 1.54) is 6.92 Å². The quantitative estimate of drug-likeness (QED) is 0.744. The summed E-state index contributed by atoms with van der Waals surface area (Å²) in [7, 11) is 0. The van der Waals surface area contributed by atoms with Crippen LogP contribution in [0.2, 0.25) is 10.0 Å². The van der Waals surface area contributed by atoms with Crippen molar-refractivity contribution in [1.29, 1.82) is 0 Å². The first-order valence-corrected chi connectivity index (χ1v) is 7.54. The van der Waals surface area contributed by atoms with Crippen molar-refractivity contribution < 1.29 is 19.8 Å². The second-order valence-electron chi connectivity index (χ2n) is 4.50. The molecule has 2 aromatic rings. The second kappa shape index (κ2) is 6.28. The molecule has 0 atom stereocenters. The minimum atomic E-state index is -1.33. The van der Waals surface area contributed by atoms with Crippen LogP contribution >= 0.6 is 39.1 Å². The minimum Gasteiger partial charge on any atom is -0.478 e. The first-order chi connectivity index (χ1) is 10.3. The van der Waals surface area contributed by atoms with Crippen LogP contribution in [0.5, 0.6) is 0 Å². The van der Waals surface area contributed by atoms with Crippen LogP contribution in [0, 0.1) is 6.92 Å². The van der Waals surface area contributed by atoms with Gasteiger partial charge in [0.15, 0.2) is 0 Å². The third-order valence-electron chi connectivity index (χ3n) is 3.17. The second-order valence-corrected chi connectivity index (χ2v) is 6.17. The highest BCUT2D eigenvalue weighted by molar-refractivity contribution is 9.10. The van der Waals surface area contributed by atoms with E-state index in [1.54, 1.807) is 24.3 Å². The number of carbonyl (C=O) groups is 2. The number of carboxylic acids is 2. The lowest BCUT2D eigenvalue weighted by molar-refractivity contribution is 0.0696. The molecule has 7 heteroatoms. The van der Waals surface area contributed by atoms with Gasteiger partial charge in [-0.3, -0.25) is 0 Å². The Morgan fingerprint density at radius 3 is 2.14 bits per heavy atom. The Kier molecular flexibility index (Phi) is 4.80. The Balaban J connectivity index is 2.96. The van der Waals surface area contributed by atoms with Gasteiger partial charge in [-0.1, -0.05) is 51.3 Å². The molecule has 0 aromatic heterocycles. The lowest BCUT2D eigenvalue weighted by atomic mass is 9.92. The highest BCUT2D eigenvalue weighted by atomic mass is 79.9. The lowest BCUT2D eigenvalue weighted by Gasteiger charge is -2.16. The van der Waals surface area contributed by atoms with Crippen LogP contribution in [0.3, 0.4) is 0 Å². The van der Waals surface area contributed by atoms with E-state index in [0.29, 0.717) is 5.56 Å². The van der Waals surface area contributed by atoms with Gasteiger partial charge < -0.3 is 10.2 Å². The molecule has 22 heavy (non-hydrogen) atoms. The summed E-state index contributed by atoms with van der Waals surface area (Å²) in [6.07, 6.45) is 0. The van der Waals surface area contributed by atoms with Gasteiger partial charge in [-0.25, -0.2) is 9.59 Å². The molecule has 0 bridgehead atoms. The Hall–Kier alpha value is -1.56. The van der Waals surface area contributed by atoms with Crippen molar-refractivity contribution in [2.24, 2.45) is 0 Å². The first-order valence-electron chi connectivity index (χ1n) is 5.99. The maximum Gasteiger partial charge on any atom is 0.337 e. The van der Waals surface area contributed by atoms with Crippen molar-refractivity contribution >= 4 is 51.1 Å². The summed E-state index contributed by atoms with van der Waals surface area (Å²) in [5.41, 5.74) is 0.304. The van der Waals surface area contributed by atoms with Crippen LogP contribution in [0.1, 0.15) is 26.3 Å². The van der Waals surface area contributed by atoms with Gasteiger partial charge in [-0.2, -0.15) is 0 Å². The van der Waals surface area contributed by atoms with E-state index in [1.807, 2.05) is 0 Å². The third kappa shape index (κ3) is 2.84. The summed E-state index contributed by atoms with van der Waals surface area (Å²) in [6, 6.07) is 6.85. The maximum absolute atomic E-state index is 11.6. The number of halogens is 3. The summed E-state index contributed by atoms with van der Waals surface area (Å²) < 4.78 is 0.730. The van der Waals surface area contributed by atoms with Crippen molar-refractivity contribution in [3.8, 4) is 11.1 Å². The predicted octanol–water partition coefficient (Wildman–Crippen LogP) is 5.13. The number of benzene rings is 2. The van der Waals surface area contributed by atoms with Gasteiger partial charge in [0.1, 0.15) is 0 Å². The van der Waals surface area contributed by atoms with Crippen molar-refractivity contribution in [2.45, 2.75) is 6.92 Å². The van der Waals surface area contributed by atoms with E-state index in [-0.39, 0.29) is 32.3 Å². The van der Waals surface area contributed by atoms with Crippen LogP contribution in [0.15, 0.2) is 28.7 Å². The summed E-state index contributed by atoms with van der Waals surface area (Å²) >= 11 is 15.5. The molecular weight excluding hydrogens is 395 g/mol. The van der Waals surface area contributed by atoms with Gasteiger partial charge in [-0.15, -0.1) is 0 Å². The fraction of sp³-hybridized carbons (Fsp3) is 0.0667. The Labute approximate surface area is 144 Å². The Morgan fingerprint density at radius 1 is 1.05 bits per heavy atom. The van der Waals surface area contributed by atoms with E-state index in [9.17, 15) is 19.8 Å². The number of hydrogen-bond acceptors (Lipinski definition) is 2. The molecule has 2 N–H and O–H groups in total. The molecule has 0 unspecified atom stereocenters. The van der Waals surface area contributed by atoms with Crippen molar-refractivity contribution in [1.82, 2.24) is 0 Å². The van der Waals surface area contributed by atoms with Gasteiger partial charge in [0, 0.05) is 10.0 Å². The van der Waals surface area contributed by atoms with E-state index in [2.05, 4.69) is 15.9 Å². The standard InChI is InChI=1S/C15H9BrCl2O4/c1-6-9(14(19)20)11(7-3-2-4-8(16)5-7)13(18)12(17)10(6)15(21)22/h2-5H,1H3,(H,19,20)(H,21,22). The average molecular weight is 404 g/mol. The molecule has 0 saturated heterocycles. The van der Waals surface area contributed by atoms with E-state index < -0.39 is 11.9 Å². The van der Waals surface area contributed by atoms with Crippen LogP contribution in [0.4, 0.5) is 0 Å². The highest BCUT2D eigenvalue weighted by Crippen LogP contribution is 2.41. The normalized spacial score (nSPS) is 10.5. The predicted molar refractivity (Wildman–Crippen MR) is 88.3 cm³/mol. The average Bonchev–Trinajstić information content (AvgIpc) is 2.41. The number of carboxylic acid groups (broad SMARTS) is 2. The highest BCUT2D eigenvalue weighted by Gasteiger charge is 2.27. The number of aromatic carboxylic acids is 2. The molecule has 0 spiro atoms. The van der Waals surface area contributed by atoms with E-state index >= 15 is 0 Å². The molecule has 114 valence electrons. The molecule has 4 nitrogen and oxygen atoms in total. The van der Waals surface area contributed by atoms with E-state index in [0.717, 1.165) is 4.47 Å².